The molecule has 0 saturated heterocycles. The fraction of sp³-hybridized carbons (Fsp3) is 0.529. The highest BCUT2D eigenvalue weighted by Gasteiger charge is 2.11. The molecule has 0 aromatic heterocycles. The molecule has 23 heavy (non-hydrogen) atoms. The number of nitrogens with one attached hydrogen (secondary N) is 1. The Hall–Kier alpha value is -2.24. The van der Waals surface area contributed by atoms with E-state index in [0.29, 0.717) is 13.1 Å². The molecule has 0 saturated carbocycles. The summed E-state index contributed by atoms with van der Waals surface area (Å²) in [4.78, 5) is 25.9. The average molecular weight is 323 g/mol. The van der Waals surface area contributed by atoms with Crippen molar-refractivity contribution in [2.24, 2.45) is 0 Å². The molecular formula is C17H29N3O3. The molecular weight excluding hydrogens is 294 g/mol. The first-order valence-electron chi connectivity index (χ1n) is 7.80. The van der Waals surface area contributed by atoms with Gasteiger partial charge in [0.2, 0.25) is 5.91 Å². The lowest BCUT2D eigenvalue weighted by Crippen LogP contribution is -2.36. The van der Waals surface area contributed by atoms with Crippen molar-refractivity contribution in [2.45, 2.75) is 27.4 Å². The fourth-order valence-electron chi connectivity index (χ4n) is 1.57. The summed E-state index contributed by atoms with van der Waals surface area (Å²) < 4.78 is 5.22. The van der Waals surface area contributed by atoms with Gasteiger partial charge in [-0.05, 0) is 17.7 Å². The summed E-state index contributed by atoms with van der Waals surface area (Å²) in [6, 6.07) is 7.66. The largest absolute Gasteiger partial charge is 0.445 e. The van der Waals surface area contributed by atoms with Crippen molar-refractivity contribution in [1.82, 2.24) is 9.80 Å². The number of benzene rings is 1. The van der Waals surface area contributed by atoms with Gasteiger partial charge in [0.15, 0.2) is 0 Å². The summed E-state index contributed by atoms with van der Waals surface area (Å²) in [6.07, 6.45) is -0.398. The van der Waals surface area contributed by atoms with E-state index in [1.54, 1.807) is 19.0 Å². The van der Waals surface area contributed by atoms with Crippen LogP contribution in [0.5, 0.6) is 0 Å². The normalized spacial score (nSPS) is 9.30. The van der Waals surface area contributed by atoms with Crippen LogP contribution in [0.2, 0.25) is 0 Å². The Morgan fingerprint density at radius 1 is 1.04 bits per heavy atom. The Morgan fingerprint density at radius 3 is 2.04 bits per heavy atom. The molecule has 0 heterocycles. The Balaban J connectivity index is 0.00000232. The number of rotatable bonds is 6. The van der Waals surface area contributed by atoms with Crippen LogP contribution in [0.15, 0.2) is 24.3 Å². The number of amides is 2. The first-order valence-corrected chi connectivity index (χ1v) is 7.80. The Bertz CT molecular complexity index is 474. The highest BCUT2D eigenvalue weighted by molar-refractivity contribution is 5.73. The lowest BCUT2D eigenvalue weighted by atomic mass is 10.2. The summed E-state index contributed by atoms with van der Waals surface area (Å²) in [6.45, 7) is 6.65. The van der Waals surface area contributed by atoms with E-state index in [4.69, 9.17) is 4.74 Å². The van der Waals surface area contributed by atoms with Crippen molar-refractivity contribution in [3.05, 3.63) is 29.8 Å². The predicted molar refractivity (Wildman–Crippen MR) is 93.5 cm³/mol. The fourth-order valence-corrected chi connectivity index (χ4v) is 1.57. The minimum Gasteiger partial charge on any atom is -0.445 e. The standard InChI is InChI=1S/C15H23N3O3.C2H6/c1-12(19)17(3)9-10-18(4)15(20)21-11-13-5-7-14(16-2)8-6-13;1-2/h5-8,16H,9-11H2,1-4H3;1-2H3. The van der Waals surface area contributed by atoms with Gasteiger partial charge in [-0.25, -0.2) is 4.79 Å². The molecule has 1 aromatic carbocycles. The van der Waals surface area contributed by atoms with Crippen LogP contribution in [0.3, 0.4) is 0 Å². The van der Waals surface area contributed by atoms with Crippen LogP contribution in [0, 0.1) is 0 Å². The van der Waals surface area contributed by atoms with E-state index in [1.807, 2.05) is 45.2 Å². The molecule has 0 bridgehead atoms. The number of likely N-dealkylation sites (N-methyl/N-ethyl adjacent to an activating group) is 2. The summed E-state index contributed by atoms with van der Waals surface area (Å²) in [5.41, 5.74) is 1.94. The Kier molecular flexibility index (Phi) is 10.2. The van der Waals surface area contributed by atoms with Gasteiger partial charge in [-0.2, -0.15) is 0 Å². The smallest absolute Gasteiger partial charge is 0.409 e. The van der Waals surface area contributed by atoms with Crippen molar-refractivity contribution in [3.8, 4) is 0 Å². The van der Waals surface area contributed by atoms with Crippen molar-refractivity contribution in [3.63, 3.8) is 0 Å². The third kappa shape index (κ3) is 8.09. The summed E-state index contributed by atoms with van der Waals surface area (Å²) in [7, 11) is 5.20. The monoisotopic (exact) mass is 323 g/mol. The van der Waals surface area contributed by atoms with Gasteiger partial charge < -0.3 is 19.9 Å². The van der Waals surface area contributed by atoms with Gasteiger partial charge in [0.25, 0.3) is 0 Å². The van der Waals surface area contributed by atoms with E-state index in [1.165, 1.54) is 11.8 Å². The molecule has 0 radical (unpaired) electrons. The van der Waals surface area contributed by atoms with Gasteiger partial charge in [-0.15, -0.1) is 0 Å². The quantitative estimate of drug-likeness (QED) is 0.874. The second-order valence-corrected chi connectivity index (χ2v) is 4.86. The van der Waals surface area contributed by atoms with Crippen LogP contribution in [0.25, 0.3) is 0 Å². The lowest BCUT2D eigenvalue weighted by molar-refractivity contribution is -0.127. The second-order valence-electron chi connectivity index (χ2n) is 4.86. The Labute approximate surface area is 139 Å². The van der Waals surface area contributed by atoms with Gasteiger partial charge in [-0.1, -0.05) is 26.0 Å². The topological polar surface area (TPSA) is 61.9 Å². The molecule has 0 unspecified atom stereocenters. The lowest BCUT2D eigenvalue weighted by Gasteiger charge is -2.21. The van der Waals surface area contributed by atoms with Gasteiger partial charge in [-0.3, -0.25) is 4.79 Å². The molecule has 130 valence electrons. The zero-order valence-corrected chi connectivity index (χ0v) is 15.0. The van der Waals surface area contributed by atoms with E-state index in [9.17, 15) is 9.59 Å². The maximum Gasteiger partial charge on any atom is 0.409 e. The van der Waals surface area contributed by atoms with Gasteiger partial charge in [0.1, 0.15) is 6.61 Å². The molecule has 1 rings (SSSR count). The number of carbonyl (C=O) groups excluding carboxylic acids is 2. The first kappa shape index (κ1) is 20.8. The minimum absolute atomic E-state index is 0.0265. The van der Waals surface area contributed by atoms with Gasteiger partial charge >= 0.3 is 6.09 Å². The molecule has 0 aliphatic carbocycles. The average Bonchev–Trinajstić information content (AvgIpc) is 2.59. The van der Waals surface area contributed by atoms with Crippen LogP contribution in [-0.2, 0) is 16.1 Å². The number of anilines is 1. The van der Waals surface area contributed by atoms with Gasteiger partial charge in [0, 0.05) is 46.8 Å². The number of carbonyl (C=O) groups is 2. The molecule has 0 aliphatic heterocycles. The number of hydrogen-bond acceptors (Lipinski definition) is 4. The molecule has 0 spiro atoms. The zero-order chi connectivity index (χ0) is 17.8. The highest BCUT2D eigenvalue weighted by Crippen LogP contribution is 2.09. The van der Waals surface area contributed by atoms with E-state index in [0.717, 1.165) is 11.3 Å². The maximum atomic E-state index is 11.8. The van der Waals surface area contributed by atoms with Crippen molar-refractivity contribution >= 4 is 17.7 Å². The SMILES string of the molecule is CC.CNc1ccc(COC(=O)N(C)CCN(C)C(C)=O)cc1. The number of ether oxygens (including phenoxy) is 1. The van der Waals surface area contributed by atoms with Gasteiger partial charge in [0.05, 0.1) is 0 Å². The number of hydrogen-bond donors (Lipinski definition) is 1. The molecule has 1 aromatic rings. The third-order valence-corrected chi connectivity index (χ3v) is 3.22. The molecule has 1 N–H and O–H groups in total. The van der Waals surface area contributed by atoms with Crippen molar-refractivity contribution in [2.75, 3.05) is 39.5 Å². The highest BCUT2D eigenvalue weighted by atomic mass is 16.6. The van der Waals surface area contributed by atoms with E-state index in [-0.39, 0.29) is 12.5 Å². The van der Waals surface area contributed by atoms with Crippen molar-refractivity contribution < 1.29 is 14.3 Å². The molecule has 0 aliphatic rings. The summed E-state index contributed by atoms with van der Waals surface area (Å²) in [5, 5.41) is 3.03. The Morgan fingerprint density at radius 2 is 1.57 bits per heavy atom. The van der Waals surface area contributed by atoms with Crippen LogP contribution in [0.1, 0.15) is 26.3 Å². The summed E-state index contributed by atoms with van der Waals surface area (Å²) in [5.74, 6) is -0.0265. The molecule has 0 atom stereocenters. The van der Waals surface area contributed by atoms with Crippen LogP contribution >= 0.6 is 0 Å². The van der Waals surface area contributed by atoms with E-state index < -0.39 is 6.09 Å². The molecule has 0 fully saturated rings. The van der Waals surface area contributed by atoms with Crippen LogP contribution in [0.4, 0.5) is 10.5 Å². The predicted octanol–water partition coefficient (Wildman–Crippen LogP) is 2.80. The van der Waals surface area contributed by atoms with E-state index in [2.05, 4.69) is 5.32 Å². The van der Waals surface area contributed by atoms with Crippen molar-refractivity contribution in [1.29, 1.82) is 0 Å². The molecule has 6 nitrogen and oxygen atoms in total. The zero-order valence-electron chi connectivity index (χ0n) is 15.0. The minimum atomic E-state index is -0.398. The maximum absolute atomic E-state index is 11.8. The second kappa shape index (κ2) is 11.3. The molecule has 2 amide bonds. The number of nitrogens with zero attached hydrogens (tertiary/aromatic N) is 2. The molecule has 6 heteroatoms. The van der Waals surface area contributed by atoms with E-state index >= 15 is 0 Å². The van der Waals surface area contributed by atoms with Crippen LogP contribution < -0.4 is 5.32 Å². The third-order valence-electron chi connectivity index (χ3n) is 3.22. The van der Waals surface area contributed by atoms with Crippen LogP contribution in [-0.4, -0.2) is 56.0 Å². The first-order chi connectivity index (χ1) is 10.9. The summed E-state index contributed by atoms with van der Waals surface area (Å²) >= 11 is 0.